The van der Waals surface area contributed by atoms with Crippen molar-refractivity contribution < 1.29 is 19.0 Å². The van der Waals surface area contributed by atoms with E-state index in [2.05, 4.69) is 24.2 Å². The van der Waals surface area contributed by atoms with Crippen LogP contribution in [0.5, 0.6) is 5.75 Å². The highest BCUT2D eigenvalue weighted by Crippen LogP contribution is 2.54. The third-order valence-electron chi connectivity index (χ3n) is 7.49. The fourth-order valence-corrected chi connectivity index (χ4v) is 5.87. The lowest BCUT2D eigenvalue weighted by atomic mass is 9.57. The normalized spacial score (nSPS) is 27.9. The summed E-state index contributed by atoms with van der Waals surface area (Å²) in [5.74, 6) is 0.967. The van der Waals surface area contributed by atoms with Crippen molar-refractivity contribution >= 4 is 10.9 Å². The first-order chi connectivity index (χ1) is 15.0. The lowest BCUT2D eigenvalue weighted by Crippen LogP contribution is -2.49. The standard InChI is InChI=1S/C25H29FN2O3/c1-3-25-10-9-24(29,16-30-2)14-18(25)8-11-31-23-13-22-17(12-21(23)25)15-27-28(22)20-6-4-19(26)5-7-20/h4-7,12-13,15,18,29H,3,8-11,14,16H2,1-2H3/t18-,24+,25+/m1/s1. The Bertz CT molecular complexity index is 1100. The zero-order valence-corrected chi connectivity index (χ0v) is 18.1. The first-order valence-electron chi connectivity index (χ1n) is 11.1. The summed E-state index contributed by atoms with van der Waals surface area (Å²) < 4.78 is 26.8. The van der Waals surface area contributed by atoms with Crippen LogP contribution in [0, 0.1) is 11.7 Å². The number of aliphatic hydroxyl groups is 1. The molecule has 0 bridgehead atoms. The largest absolute Gasteiger partial charge is 0.493 e. The number of rotatable bonds is 4. The Morgan fingerprint density at radius 3 is 2.81 bits per heavy atom. The van der Waals surface area contributed by atoms with E-state index in [1.807, 2.05) is 10.9 Å². The second-order valence-electron chi connectivity index (χ2n) is 9.15. The third kappa shape index (κ3) is 3.33. The van der Waals surface area contributed by atoms with Crippen LogP contribution in [0.2, 0.25) is 0 Å². The third-order valence-corrected chi connectivity index (χ3v) is 7.49. The van der Waals surface area contributed by atoms with E-state index in [-0.39, 0.29) is 11.2 Å². The number of halogens is 1. The molecular formula is C25H29FN2O3. The average molecular weight is 425 g/mol. The highest BCUT2D eigenvalue weighted by molar-refractivity contribution is 5.83. The van der Waals surface area contributed by atoms with Gasteiger partial charge in [0.05, 0.1) is 36.2 Å². The second kappa shape index (κ2) is 7.61. The minimum absolute atomic E-state index is 0.0298. The molecule has 2 heterocycles. The van der Waals surface area contributed by atoms with Crippen LogP contribution in [-0.2, 0) is 10.2 Å². The molecule has 2 aliphatic rings. The molecule has 2 aromatic carbocycles. The van der Waals surface area contributed by atoms with Crippen molar-refractivity contribution in [3.05, 3.63) is 54.0 Å². The van der Waals surface area contributed by atoms with Gasteiger partial charge in [-0.3, -0.25) is 0 Å². The van der Waals surface area contributed by atoms with E-state index in [1.54, 1.807) is 19.2 Å². The molecule has 164 valence electrons. The van der Waals surface area contributed by atoms with Gasteiger partial charge in [0.25, 0.3) is 0 Å². The Morgan fingerprint density at radius 1 is 1.26 bits per heavy atom. The number of benzene rings is 2. The molecule has 1 aromatic heterocycles. The van der Waals surface area contributed by atoms with Crippen LogP contribution in [-0.4, -0.2) is 40.8 Å². The highest BCUT2D eigenvalue weighted by Gasteiger charge is 2.50. The zero-order chi connectivity index (χ0) is 21.6. The van der Waals surface area contributed by atoms with Crippen LogP contribution in [0.15, 0.2) is 42.6 Å². The molecule has 31 heavy (non-hydrogen) atoms. The monoisotopic (exact) mass is 424 g/mol. The Morgan fingerprint density at radius 2 is 2.06 bits per heavy atom. The summed E-state index contributed by atoms with van der Waals surface area (Å²) in [5, 5.41) is 16.7. The molecule has 0 spiro atoms. The van der Waals surface area contributed by atoms with Crippen LogP contribution >= 0.6 is 0 Å². The van der Waals surface area contributed by atoms with E-state index in [9.17, 15) is 9.50 Å². The Labute approximate surface area is 181 Å². The number of hydrogen-bond donors (Lipinski definition) is 1. The summed E-state index contributed by atoms with van der Waals surface area (Å²) in [7, 11) is 1.65. The van der Waals surface area contributed by atoms with Gasteiger partial charge in [0.15, 0.2) is 0 Å². The molecular weight excluding hydrogens is 395 g/mol. The van der Waals surface area contributed by atoms with E-state index in [4.69, 9.17) is 9.47 Å². The number of fused-ring (bicyclic) bond motifs is 4. The molecule has 1 saturated carbocycles. The maximum absolute atomic E-state index is 13.4. The molecule has 0 amide bonds. The van der Waals surface area contributed by atoms with E-state index < -0.39 is 5.60 Å². The molecule has 0 radical (unpaired) electrons. The lowest BCUT2D eigenvalue weighted by molar-refractivity contribution is -0.0903. The van der Waals surface area contributed by atoms with Gasteiger partial charge in [-0.1, -0.05) is 6.92 Å². The van der Waals surface area contributed by atoms with Gasteiger partial charge in [-0.15, -0.1) is 0 Å². The predicted octanol–water partition coefficient (Wildman–Crippen LogP) is 4.77. The fraction of sp³-hybridized carbons (Fsp3) is 0.480. The number of ether oxygens (including phenoxy) is 2. The van der Waals surface area contributed by atoms with Gasteiger partial charge in [-0.2, -0.15) is 5.10 Å². The van der Waals surface area contributed by atoms with E-state index in [0.717, 1.165) is 54.4 Å². The fourth-order valence-electron chi connectivity index (χ4n) is 5.87. The van der Waals surface area contributed by atoms with Crippen LogP contribution < -0.4 is 4.74 Å². The number of aromatic nitrogens is 2. The summed E-state index contributed by atoms with van der Waals surface area (Å²) in [6, 6.07) is 10.7. The van der Waals surface area contributed by atoms with Crippen LogP contribution in [0.3, 0.4) is 0 Å². The van der Waals surface area contributed by atoms with Crippen LogP contribution in [0.4, 0.5) is 4.39 Å². The van der Waals surface area contributed by atoms with Crippen LogP contribution in [0.25, 0.3) is 16.6 Å². The first kappa shape index (κ1) is 20.5. The van der Waals surface area contributed by atoms with E-state index in [0.29, 0.717) is 19.1 Å². The maximum Gasteiger partial charge on any atom is 0.125 e. The highest BCUT2D eigenvalue weighted by atomic mass is 19.1. The van der Waals surface area contributed by atoms with Gasteiger partial charge in [-0.05, 0) is 68.4 Å². The molecule has 5 nitrogen and oxygen atoms in total. The summed E-state index contributed by atoms with van der Waals surface area (Å²) in [5.41, 5.74) is 2.19. The molecule has 3 atom stereocenters. The Hall–Kier alpha value is -2.44. The van der Waals surface area contributed by atoms with Crippen molar-refractivity contribution in [3.8, 4) is 11.4 Å². The average Bonchev–Trinajstić information content (AvgIpc) is 3.10. The van der Waals surface area contributed by atoms with Crippen molar-refractivity contribution in [3.63, 3.8) is 0 Å². The molecule has 1 aliphatic heterocycles. The van der Waals surface area contributed by atoms with Gasteiger partial charge in [-0.25, -0.2) is 9.07 Å². The van der Waals surface area contributed by atoms with Crippen LogP contribution in [0.1, 0.15) is 44.6 Å². The van der Waals surface area contributed by atoms with Gasteiger partial charge in [0.2, 0.25) is 0 Å². The van der Waals surface area contributed by atoms with Gasteiger partial charge < -0.3 is 14.6 Å². The van der Waals surface area contributed by atoms with E-state index >= 15 is 0 Å². The van der Waals surface area contributed by atoms with E-state index in [1.165, 1.54) is 17.7 Å². The molecule has 6 heteroatoms. The van der Waals surface area contributed by atoms with Crippen molar-refractivity contribution in [2.45, 2.75) is 50.0 Å². The van der Waals surface area contributed by atoms with Crippen molar-refractivity contribution in [1.29, 1.82) is 0 Å². The summed E-state index contributed by atoms with van der Waals surface area (Å²) in [4.78, 5) is 0. The minimum atomic E-state index is -0.764. The SMILES string of the molecule is CC[C@]12CC[C@@](O)(COC)C[C@H]1CCOc1cc3c(cnn3-c3ccc(F)cc3)cc12. The molecule has 1 fully saturated rings. The number of hydrogen-bond acceptors (Lipinski definition) is 4. The Balaban J connectivity index is 1.60. The predicted molar refractivity (Wildman–Crippen MR) is 117 cm³/mol. The van der Waals surface area contributed by atoms with Gasteiger partial charge >= 0.3 is 0 Å². The Kier molecular flexibility index (Phi) is 5.02. The topological polar surface area (TPSA) is 56.5 Å². The summed E-state index contributed by atoms with van der Waals surface area (Å²) in [6.07, 6.45) is 6.12. The molecule has 0 unspecified atom stereocenters. The summed E-state index contributed by atoms with van der Waals surface area (Å²) in [6.45, 7) is 3.24. The van der Waals surface area contributed by atoms with Gasteiger partial charge in [0, 0.05) is 29.5 Å². The van der Waals surface area contributed by atoms with Crippen molar-refractivity contribution in [2.24, 2.45) is 5.92 Å². The smallest absolute Gasteiger partial charge is 0.125 e. The molecule has 5 rings (SSSR count). The number of nitrogens with zero attached hydrogens (tertiary/aromatic N) is 2. The lowest BCUT2D eigenvalue weighted by Gasteiger charge is -2.49. The molecule has 3 aromatic rings. The molecule has 0 saturated heterocycles. The first-order valence-corrected chi connectivity index (χ1v) is 11.1. The second-order valence-corrected chi connectivity index (χ2v) is 9.15. The summed E-state index contributed by atoms with van der Waals surface area (Å²) >= 11 is 0. The van der Waals surface area contributed by atoms with Gasteiger partial charge in [0.1, 0.15) is 11.6 Å². The minimum Gasteiger partial charge on any atom is -0.493 e. The van der Waals surface area contributed by atoms with Crippen molar-refractivity contribution in [1.82, 2.24) is 9.78 Å². The van der Waals surface area contributed by atoms with Crippen molar-refractivity contribution in [2.75, 3.05) is 20.3 Å². The quantitative estimate of drug-likeness (QED) is 0.655. The molecule has 1 N–H and O–H groups in total. The molecule has 1 aliphatic carbocycles. The zero-order valence-electron chi connectivity index (χ0n) is 18.1. The number of methoxy groups -OCH3 is 1. The maximum atomic E-state index is 13.4.